The summed E-state index contributed by atoms with van der Waals surface area (Å²) >= 11 is 0. The van der Waals surface area contributed by atoms with Crippen molar-refractivity contribution < 1.29 is 9.47 Å². The molecule has 0 saturated heterocycles. The summed E-state index contributed by atoms with van der Waals surface area (Å²) < 4.78 is 12.3. The van der Waals surface area contributed by atoms with Crippen molar-refractivity contribution in [3.63, 3.8) is 0 Å². The lowest BCUT2D eigenvalue weighted by Gasteiger charge is -2.12. The Hall–Kier alpha value is -2.61. The quantitative estimate of drug-likeness (QED) is 0.422. The van der Waals surface area contributed by atoms with E-state index >= 15 is 0 Å². The van der Waals surface area contributed by atoms with E-state index in [1.54, 1.807) is 14.2 Å². The third-order valence-electron chi connectivity index (χ3n) is 3.75. The highest BCUT2D eigenvalue weighted by atomic mass is 16.5. The van der Waals surface area contributed by atoms with Crippen LogP contribution in [0.5, 0.6) is 5.75 Å². The Balaban J connectivity index is 2.01. The molecular formula is C17H26N6O2. The minimum absolute atomic E-state index is 0.536. The van der Waals surface area contributed by atoms with Gasteiger partial charge in [0.05, 0.1) is 26.8 Å². The zero-order valence-corrected chi connectivity index (χ0v) is 15.2. The molecule has 2 aromatic rings. The summed E-state index contributed by atoms with van der Waals surface area (Å²) in [5, 5.41) is 14.7. The van der Waals surface area contributed by atoms with Crippen LogP contribution in [0.2, 0.25) is 0 Å². The van der Waals surface area contributed by atoms with Crippen molar-refractivity contribution in [2.45, 2.75) is 20.0 Å². The van der Waals surface area contributed by atoms with Crippen molar-refractivity contribution in [3.8, 4) is 5.75 Å². The lowest BCUT2D eigenvalue weighted by molar-refractivity contribution is 0.203. The first-order valence-electron chi connectivity index (χ1n) is 8.13. The highest BCUT2D eigenvalue weighted by Gasteiger charge is 2.06. The monoisotopic (exact) mass is 346 g/mol. The van der Waals surface area contributed by atoms with Gasteiger partial charge in [-0.15, -0.1) is 10.2 Å². The number of aryl methyl sites for hydroxylation is 1. The maximum absolute atomic E-state index is 5.25. The number of benzene rings is 1. The van der Waals surface area contributed by atoms with Gasteiger partial charge in [-0.2, -0.15) is 0 Å². The first-order chi connectivity index (χ1) is 12.1. The van der Waals surface area contributed by atoms with Crippen LogP contribution in [0, 0.1) is 6.92 Å². The standard InChI is InChI=1S/C17H26N6O2/c1-13-21-22-16(23(13)2)12-20-17(18-8-9-24-3)19-11-14-6-5-7-15(10-14)25-4/h5-7,10H,8-9,11-12H2,1-4H3,(H2,18,19,20). The molecule has 25 heavy (non-hydrogen) atoms. The zero-order chi connectivity index (χ0) is 18.1. The third kappa shape index (κ3) is 5.75. The lowest BCUT2D eigenvalue weighted by Crippen LogP contribution is -2.39. The lowest BCUT2D eigenvalue weighted by atomic mass is 10.2. The second-order valence-corrected chi connectivity index (χ2v) is 5.51. The summed E-state index contributed by atoms with van der Waals surface area (Å²) in [6, 6.07) is 7.87. The number of rotatable bonds is 8. The van der Waals surface area contributed by atoms with Gasteiger partial charge in [-0.1, -0.05) is 12.1 Å². The van der Waals surface area contributed by atoms with Crippen molar-refractivity contribution >= 4 is 5.96 Å². The third-order valence-corrected chi connectivity index (χ3v) is 3.75. The smallest absolute Gasteiger partial charge is 0.192 e. The summed E-state index contributed by atoms with van der Waals surface area (Å²) in [5.41, 5.74) is 1.07. The molecule has 0 atom stereocenters. The van der Waals surface area contributed by atoms with Gasteiger partial charge in [0.25, 0.3) is 0 Å². The fraction of sp³-hybridized carbons (Fsp3) is 0.471. The van der Waals surface area contributed by atoms with E-state index in [9.17, 15) is 0 Å². The minimum Gasteiger partial charge on any atom is -0.497 e. The first-order valence-corrected chi connectivity index (χ1v) is 8.13. The van der Waals surface area contributed by atoms with E-state index in [2.05, 4.69) is 25.8 Å². The van der Waals surface area contributed by atoms with Crippen molar-refractivity contribution in [2.24, 2.45) is 12.0 Å². The molecule has 0 radical (unpaired) electrons. The second kappa shape index (κ2) is 9.63. The summed E-state index contributed by atoms with van der Waals surface area (Å²) in [4.78, 5) is 4.62. The summed E-state index contributed by atoms with van der Waals surface area (Å²) in [7, 11) is 5.27. The number of hydrogen-bond donors (Lipinski definition) is 2. The minimum atomic E-state index is 0.536. The molecule has 0 aliphatic heterocycles. The van der Waals surface area contributed by atoms with Crippen LogP contribution in [0.1, 0.15) is 17.2 Å². The van der Waals surface area contributed by atoms with Gasteiger partial charge in [0.1, 0.15) is 11.6 Å². The summed E-state index contributed by atoms with van der Waals surface area (Å²) in [5.74, 6) is 3.24. The van der Waals surface area contributed by atoms with Gasteiger partial charge in [0.2, 0.25) is 0 Å². The molecule has 0 amide bonds. The predicted molar refractivity (Wildman–Crippen MR) is 96.6 cm³/mol. The molecule has 1 aromatic carbocycles. The van der Waals surface area contributed by atoms with E-state index in [1.165, 1.54) is 0 Å². The largest absolute Gasteiger partial charge is 0.497 e. The highest BCUT2D eigenvalue weighted by molar-refractivity contribution is 5.79. The Kier molecular flexibility index (Phi) is 7.21. The molecule has 136 valence electrons. The van der Waals surface area contributed by atoms with Crippen molar-refractivity contribution in [2.75, 3.05) is 27.4 Å². The van der Waals surface area contributed by atoms with Crippen molar-refractivity contribution in [1.82, 2.24) is 25.4 Å². The number of nitrogens with one attached hydrogen (secondary N) is 2. The number of aliphatic imine (C=N–C) groups is 1. The Morgan fingerprint density at radius 2 is 2.08 bits per heavy atom. The molecule has 8 heteroatoms. The average Bonchev–Trinajstić information content (AvgIpc) is 2.95. The first kappa shape index (κ1) is 18.7. The zero-order valence-electron chi connectivity index (χ0n) is 15.2. The fourth-order valence-corrected chi connectivity index (χ4v) is 2.15. The number of hydrogen-bond acceptors (Lipinski definition) is 5. The van der Waals surface area contributed by atoms with Crippen LogP contribution in [0.25, 0.3) is 0 Å². The van der Waals surface area contributed by atoms with E-state index in [0.29, 0.717) is 32.2 Å². The predicted octanol–water partition coefficient (Wildman–Crippen LogP) is 1.01. The highest BCUT2D eigenvalue weighted by Crippen LogP contribution is 2.13. The van der Waals surface area contributed by atoms with Gasteiger partial charge in [0, 0.05) is 20.7 Å². The molecule has 0 aliphatic carbocycles. The molecule has 0 bridgehead atoms. The molecule has 2 rings (SSSR count). The molecule has 0 spiro atoms. The Morgan fingerprint density at radius 1 is 1.24 bits per heavy atom. The van der Waals surface area contributed by atoms with Gasteiger partial charge in [-0.05, 0) is 24.6 Å². The second-order valence-electron chi connectivity index (χ2n) is 5.51. The number of guanidine groups is 1. The molecule has 0 fully saturated rings. The number of nitrogens with zero attached hydrogens (tertiary/aromatic N) is 4. The van der Waals surface area contributed by atoms with Crippen LogP contribution < -0.4 is 15.4 Å². The molecule has 8 nitrogen and oxygen atoms in total. The van der Waals surface area contributed by atoms with Crippen LogP contribution in [0.3, 0.4) is 0 Å². The topological polar surface area (TPSA) is 85.6 Å². The molecule has 1 aromatic heterocycles. The van der Waals surface area contributed by atoms with Gasteiger partial charge in [0.15, 0.2) is 11.8 Å². The van der Waals surface area contributed by atoms with E-state index in [1.807, 2.05) is 42.8 Å². The number of methoxy groups -OCH3 is 2. The van der Waals surface area contributed by atoms with Gasteiger partial charge >= 0.3 is 0 Å². The van der Waals surface area contributed by atoms with Crippen LogP contribution in [-0.2, 0) is 24.9 Å². The molecule has 0 aliphatic rings. The summed E-state index contributed by atoms with van der Waals surface area (Å²) in [6.07, 6.45) is 0. The average molecular weight is 346 g/mol. The number of aromatic nitrogens is 3. The molecule has 1 heterocycles. The molecular weight excluding hydrogens is 320 g/mol. The van der Waals surface area contributed by atoms with Crippen LogP contribution in [-0.4, -0.2) is 48.1 Å². The molecule has 2 N–H and O–H groups in total. The van der Waals surface area contributed by atoms with E-state index in [4.69, 9.17) is 9.47 Å². The van der Waals surface area contributed by atoms with E-state index < -0.39 is 0 Å². The normalized spacial score (nSPS) is 11.4. The van der Waals surface area contributed by atoms with Crippen LogP contribution >= 0.6 is 0 Å². The fourth-order valence-electron chi connectivity index (χ4n) is 2.15. The van der Waals surface area contributed by atoms with Crippen molar-refractivity contribution in [1.29, 1.82) is 0 Å². The summed E-state index contributed by atoms with van der Waals surface area (Å²) in [6.45, 7) is 4.26. The van der Waals surface area contributed by atoms with Gasteiger partial charge in [-0.3, -0.25) is 0 Å². The Labute approximate surface area is 148 Å². The van der Waals surface area contributed by atoms with Crippen molar-refractivity contribution in [3.05, 3.63) is 41.5 Å². The Bertz CT molecular complexity index is 698. The van der Waals surface area contributed by atoms with E-state index in [-0.39, 0.29) is 0 Å². The number of ether oxygens (including phenoxy) is 2. The molecule has 0 saturated carbocycles. The maximum atomic E-state index is 5.25. The van der Waals surface area contributed by atoms with E-state index in [0.717, 1.165) is 23.0 Å². The van der Waals surface area contributed by atoms with Gasteiger partial charge < -0.3 is 24.7 Å². The molecule has 0 unspecified atom stereocenters. The maximum Gasteiger partial charge on any atom is 0.192 e. The van der Waals surface area contributed by atoms with Crippen LogP contribution in [0.4, 0.5) is 0 Å². The SMILES string of the molecule is COCCNC(=NCc1cccc(OC)c1)NCc1nnc(C)n1C. The Morgan fingerprint density at radius 3 is 2.76 bits per heavy atom. The van der Waals surface area contributed by atoms with Crippen LogP contribution in [0.15, 0.2) is 29.3 Å². The van der Waals surface area contributed by atoms with Gasteiger partial charge in [-0.25, -0.2) is 4.99 Å².